The van der Waals surface area contributed by atoms with Gasteiger partial charge in [0.15, 0.2) is 10.8 Å². The Labute approximate surface area is 264 Å². The Bertz CT molecular complexity index is 1640. The average molecular weight is 670 g/mol. The van der Waals surface area contributed by atoms with Gasteiger partial charge in [-0.05, 0) is 89.1 Å². The van der Waals surface area contributed by atoms with Gasteiger partial charge in [0.1, 0.15) is 11.0 Å². The Balaban J connectivity index is 1.14. The number of nitrogens with zero attached hydrogens (tertiary/aromatic N) is 4. The van der Waals surface area contributed by atoms with Crippen molar-refractivity contribution in [2.45, 2.75) is 69.1 Å². The molecule has 2 aliphatic rings. The number of rotatable bonds is 13. The van der Waals surface area contributed by atoms with E-state index in [1.54, 1.807) is 6.07 Å². The van der Waals surface area contributed by atoms with E-state index in [4.69, 9.17) is 16.3 Å². The normalized spacial score (nSPS) is 18.8. The van der Waals surface area contributed by atoms with Crippen molar-refractivity contribution in [3.63, 3.8) is 0 Å². The molecule has 0 spiro atoms. The van der Waals surface area contributed by atoms with E-state index in [0.717, 1.165) is 19.4 Å². The van der Waals surface area contributed by atoms with Crippen LogP contribution < -0.4 is 20.1 Å². The zero-order chi connectivity index (χ0) is 32.5. The Morgan fingerprint density at radius 3 is 2.62 bits per heavy atom. The highest BCUT2D eigenvalue weighted by Crippen LogP contribution is 2.60. The molecule has 1 aliphatic heterocycles. The molecule has 16 heteroatoms. The van der Waals surface area contributed by atoms with Crippen LogP contribution in [0.25, 0.3) is 5.82 Å². The Kier molecular flexibility index (Phi) is 9.34. The lowest BCUT2D eigenvalue weighted by Gasteiger charge is -2.18. The van der Waals surface area contributed by atoms with Gasteiger partial charge in [0.05, 0.1) is 17.6 Å². The summed E-state index contributed by atoms with van der Waals surface area (Å²) in [4.78, 5) is 21.2. The van der Waals surface area contributed by atoms with E-state index in [1.807, 2.05) is 4.72 Å². The number of pyridine rings is 2. The first kappa shape index (κ1) is 32.9. The van der Waals surface area contributed by atoms with Crippen LogP contribution >= 0.6 is 11.6 Å². The van der Waals surface area contributed by atoms with Gasteiger partial charge in [0.2, 0.25) is 5.88 Å². The molecular weight excluding hydrogens is 635 g/mol. The minimum atomic E-state index is -4.33. The minimum absolute atomic E-state index is 0.00318. The minimum Gasteiger partial charge on any atom is -0.477 e. The number of amides is 1. The molecule has 0 bridgehead atoms. The number of hydrogen-bond donors (Lipinski definition) is 3. The van der Waals surface area contributed by atoms with Crippen molar-refractivity contribution in [3.8, 4) is 11.7 Å². The van der Waals surface area contributed by atoms with Crippen LogP contribution in [0.4, 0.5) is 19.0 Å². The number of ether oxygens (including phenoxy) is 1. The zero-order valence-electron chi connectivity index (χ0n) is 24.8. The number of alkyl halides is 3. The van der Waals surface area contributed by atoms with Gasteiger partial charge < -0.3 is 15.4 Å². The first-order valence-corrected chi connectivity index (χ1v) is 16.5. The maximum atomic E-state index is 13.1. The van der Waals surface area contributed by atoms with Gasteiger partial charge in [0.25, 0.3) is 15.9 Å². The fraction of sp³-hybridized carbons (Fsp3) is 0.517. The third-order valence-electron chi connectivity index (χ3n) is 8.14. The number of hydrogen-bond acceptors (Lipinski definition) is 9. The van der Waals surface area contributed by atoms with Gasteiger partial charge in [-0.3, -0.25) is 4.79 Å². The highest BCUT2D eigenvalue weighted by Gasteiger charge is 2.62. The first-order valence-electron chi connectivity index (χ1n) is 14.6. The predicted molar refractivity (Wildman–Crippen MR) is 161 cm³/mol. The van der Waals surface area contributed by atoms with E-state index in [2.05, 4.69) is 39.5 Å². The summed E-state index contributed by atoms with van der Waals surface area (Å²) in [6.07, 6.45) is -0.208. The molecule has 244 valence electrons. The van der Waals surface area contributed by atoms with Crippen LogP contribution in [0.15, 0.2) is 47.6 Å². The van der Waals surface area contributed by atoms with Gasteiger partial charge in [-0.25, -0.2) is 19.4 Å². The van der Waals surface area contributed by atoms with E-state index < -0.39 is 27.5 Å². The second-order valence-corrected chi connectivity index (χ2v) is 14.2. The number of carbonyl (C=O) groups is 1. The largest absolute Gasteiger partial charge is 0.477 e. The Hall–Kier alpha value is -3.43. The molecule has 5 rings (SSSR count). The highest BCUT2D eigenvalue weighted by molar-refractivity contribution is 7.90. The molecule has 3 aromatic heterocycles. The number of sulfonamides is 1. The molecule has 3 aromatic rings. The lowest BCUT2D eigenvalue weighted by molar-refractivity contribution is -0.189. The van der Waals surface area contributed by atoms with Crippen molar-refractivity contribution < 1.29 is 31.1 Å². The van der Waals surface area contributed by atoms with Crippen LogP contribution in [0.3, 0.4) is 0 Å². The molecule has 1 amide bonds. The second-order valence-electron chi connectivity index (χ2n) is 12.2. The third kappa shape index (κ3) is 8.05. The summed E-state index contributed by atoms with van der Waals surface area (Å²) < 4.78 is 73.9. The van der Waals surface area contributed by atoms with Gasteiger partial charge in [-0.15, -0.1) is 5.10 Å². The number of aromatic nitrogens is 4. The van der Waals surface area contributed by atoms with Crippen LogP contribution in [-0.4, -0.2) is 65.5 Å². The molecule has 11 nitrogen and oxygen atoms in total. The summed E-state index contributed by atoms with van der Waals surface area (Å²) in [7, 11) is -4.33. The molecule has 0 aromatic carbocycles. The summed E-state index contributed by atoms with van der Waals surface area (Å²) in [6.45, 7) is 5.94. The fourth-order valence-electron chi connectivity index (χ4n) is 5.43. The predicted octanol–water partition coefficient (Wildman–Crippen LogP) is 5.13. The second kappa shape index (κ2) is 12.8. The van der Waals surface area contributed by atoms with Crippen molar-refractivity contribution in [1.82, 2.24) is 29.8 Å². The van der Waals surface area contributed by atoms with Gasteiger partial charge in [-0.2, -0.15) is 21.6 Å². The monoisotopic (exact) mass is 669 g/mol. The number of nitrogens with one attached hydrogen (secondary N) is 3. The number of carbonyl (C=O) groups excluding carboxylic acids is 1. The van der Waals surface area contributed by atoms with Crippen molar-refractivity contribution in [2.24, 2.45) is 11.3 Å². The molecule has 1 aliphatic carbocycles. The van der Waals surface area contributed by atoms with Crippen molar-refractivity contribution >= 4 is 33.3 Å². The van der Waals surface area contributed by atoms with E-state index in [-0.39, 0.29) is 65.3 Å². The topological polar surface area (TPSA) is 140 Å². The molecule has 3 N–H and O–H groups in total. The standard InChI is InChI=1S/C29H35ClF3N7O4S/c1-27(2)17-19(18-35-27)9-14-34-21-5-3-6-24(36-21)45(42,43)39-26(41)20-7-8-22(37-25(20)30)40-15-10-23(38-40)44-16-4-11-28(12-13-28)29(31,32)33/h3,5-8,10,15,19,35H,4,9,11-14,16-18H2,1-2H3,(H,34,36)(H,39,41). The lowest BCUT2D eigenvalue weighted by Crippen LogP contribution is -2.31. The molecule has 1 atom stereocenters. The zero-order valence-corrected chi connectivity index (χ0v) is 26.4. The number of anilines is 1. The quantitative estimate of drug-likeness (QED) is 0.167. The maximum absolute atomic E-state index is 13.1. The van der Waals surface area contributed by atoms with E-state index in [9.17, 15) is 26.4 Å². The maximum Gasteiger partial charge on any atom is 0.394 e. The fourth-order valence-corrected chi connectivity index (χ4v) is 6.60. The van der Waals surface area contributed by atoms with Crippen molar-refractivity contribution in [1.29, 1.82) is 0 Å². The molecule has 4 heterocycles. The summed E-state index contributed by atoms with van der Waals surface area (Å²) in [6, 6.07) is 8.70. The van der Waals surface area contributed by atoms with Crippen LogP contribution in [0, 0.1) is 11.3 Å². The smallest absolute Gasteiger partial charge is 0.394 e. The Morgan fingerprint density at radius 1 is 1.18 bits per heavy atom. The average Bonchev–Trinajstić information content (AvgIpc) is 3.49. The van der Waals surface area contributed by atoms with E-state index >= 15 is 0 Å². The molecule has 1 saturated carbocycles. The van der Waals surface area contributed by atoms with Crippen LogP contribution in [0.2, 0.25) is 5.15 Å². The summed E-state index contributed by atoms with van der Waals surface area (Å²) in [5, 5.41) is 10.2. The molecule has 2 fully saturated rings. The summed E-state index contributed by atoms with van der Waals surface area (Å²) >= 11 is 6.24. The van der Waals surface area contributed by atoms with Crippen LogP contribution in [0.5, 0.6) is 5.88 Å². The van der Waals surface area contributed by atoms with Crippen LogP contribution in [-0.2, 0) is 10.0 Å². The molecule has 45 heavy (non-hydrogen) atoms. The molecule has 1 unspecified atom stereocenters. The highest BCUT2D eigenvalue weighted by atomic mass is 35.5. The molecular formula is C29H35ClF3N7O4S. The first-order chi connectivity index (χ1) is 21.2. The Morgan fingerprint density at radius 2 is 1.96 bits per heavy atom. The van der Waals surface area contributed by atoms with Gasteiger partial charge >= 0.3 is 6.18 Å². The summed E-state index contributed by atoms with van der Waals surface area (Å²) in [5.41, 5.74) is -1.65. The van der Waals surface area contributed by atoms with Crippen molar-refractivity contribution in [3.05, 3.63) is 53.3 Å². The molecule has 0 radical (unpaired) electrons. The van der Waals surface area contributed by atoms with Crippen LogP contribution in [0.1, 0.15) is 62.7 Å². The van der Waals surface area contributed by atoms with E-state index in [0.29, 0.717) is 18.3 Å². The van der Waals surface area contributed by atoms with Gasteiger partial charge in [0, 0.05) is 24.3 Å². The van der Waals surface area contributed by atoms with E-state index in [1.165, 1.54) is 41.2 Å². The third-order valence-corrected chi connectivity index (χ3v) is 9.66. The number of halogens is 4. The lowest BCUT2D eigenvalue weighted by atomic mass is 9.95. The van der Waals surface area contributed by atoms with Crippen molar-refractivity contribution in [2.75, 3.05) is 25.0 Å². The summed E-state index contributed by atoms with van der Waals surface area (Å²) in [5.74, 6) is 0.274. The molecule has 1 saturated heterocycles. The van der Waals surface area contributed by atoms with Gasteiger partial charge in [-0.1, -0.05) is 17.7 Å². The SMILES string of the molecule is CC1(C)CC(CCNc2cccc(S(=O)(=O)NC(=O)c3ccc(-n4ccc(OCCCC5(C(F)(F)F)CC5)n4)nc3Cl)n2)CN1.